The van der Waals surface area contributed by atoms with Crippen molar-refractivity contribution >= 4 is 11.6 Å². The fraction of sp³-hybridized carbons (Fsp3) is 0.500. The van der Waals surface area contributed by atoms with Gasteiger partial charge in [-0.2, -0.15) is 0 Å². The number of hydrogen-bond acceptors (Lipinski definition) is 2. The molecule has 1 heterocycles. The number of halogens is 1. The fourth-order valence-electron chi connectivity index (χ4n) is 0.911. The van der Waals surface area contributed by atoms with Crippen molar-refractivity contribution < 1.29 is 0 Å². The van der Waals surface area contributed by atoms with E-state index in [1.165, 1.54) is 0 Å². The lowest BCUT2D eigenvalue weighted by molar-refractivity contribution is 0.668. The highest BCUT2D eigenvalue weighted by Crippen LogP contribution is 2.07. The van der Waals surface area contributed by atoms with E-state index in [2.05, 4.69) is 10.4 Å². The molecule has 0 radical (unpaired) electrons. The molecule has 0 bridgehead atoms. The first kappa shape index (κ1) is 8.36. The number of aryl methyl sites for hydroxylation is 1. The summed E-state index contributed by atoms with van der Waals surface area (Å²) in [5.41, 5.74) is 0.540. The second-order valence-electron chi connectivity index (χ2n) is 2.29. The second-order valence-corrected chi connectivity index (χ2v) is 2.67. The SMILES string of the molecule is CNCc1c(Cl)c(=O)[nH]n1C. The lowest BCUT2D eigenvalue weighted by Crippen LogP contribution is -2.09. The molecule has 1 rings (SSSR count). The van der Waals surface area contributed by atoms with Crippen molar-refractivity contribution in [1.82, 2.24) is 15.1 Å². The first-order chi connectivity index (χ1) is 5.16. The van der Waals surface area contributed by atoms with Gasteiger partial charge in [0.1, 0.15) is 5.02 Å². The van der Waals surface area contributed by atoms with Crippen LogP contribution in [0.3, 0.4) is 0 Å². The van der Waals surface area contributed by atoms with Crippen molar-refractivity contribution in [2.45, 2.75) is 6.54 Å². The van der Waals surface area contributed by atoms with Crippen LogP contribution in [0.1, 0.15) is 5.69 Å². The maximum atomic E-state index is 10.9. The van der Waals surface area contributed by atoms with Gasteiger partial charge in [0.25, 0.3) is 5.56 Å². The van der Waals surface area contributed by atoms with Crippen LogP contribution in [0.4, 0.5) is 0 Å². The highest BCUT2D eigenvalue weighted by atomic mass is 35.5. The van der Waals surface area contributed by atoms with Crippen molar-refractivity contribution in [3.8, 4) is 0 Å². The van der Waals surface area contributed by atoms with E-state index in [4.69, 9.17) is 11.6 Å². The van der Waals surface area contributed by atoms with Gasteiger partial charge >= 0.3 is 0 Å². The van der Waals surface area contributed by atoms with E-state index in [-0.39, 0.29) is 10.6 Å². The summed E-state index contributed by atoms with van der Waals surface area (Å²) in [5, 5.41) is 5.73. The van der Waals surface area contributed by atoms with E-state index in [0.29, 0.717) is 6.54 Å². The maximum Gasteiger partial charge on any atom is 0.283 e. The first-order valence-corrected chi connectivity index (χ1v) is 3.62. The third-order valence-corrected chi connectivity index (χ3v) is 1.86. The molecule has 0 amide bonds. The number of hydrogen-bond donors (Lipinski definition) is 2. The number of aromatic nitrogens is 2. The van der Waals surface area contributed by atoms with Crippen LogP contribution in [-0.4, -0.2) is 16.8 Å². The summed E-state index contributed by atoms with van der Waals surface area (Å²) in [4.78, 5) is 10.9. The van der Waals surface area contributed by atoms with Gasteiger partial charge in [-0.05, 0) is 7.05 Å². The van der Waals surface area contributed by atoms with Crippen molar-refractivity contribution in [2.75, 3.05) is 7.05 Å². The summed E-state index contributed by atoms with van der Waals surface area (Å²) in [6.45, 7) is 0.591. The van der Waals surface area contributed by atoms with Crippen molar-refractivity contribution in [2.24, 2.45) is 7.05 Å². The average Bonchev–Trinajstić information content (AvgIpc) is 2.17. The van der Waals surface area contributed by atoms with Gasteiger partial charge < -0.3 is 5.32 Å². The van der Waals surface area contributed by atoms with Gasteiger partial charge in [-0.3, -0.25) is 14.6 Å². The molecular weight excluding hydrogens is 166 g/mol. The Kier molecular flexibility index (Phi) is 2.36. The largest absolute Gasteiger partial charge is 0.314 e. The van der Waals surface area contributed by atoms with Crippen molar-refractivity contribution in [3.05, 3.63) is 21.1 Å². The van der Waals surface area contributed by atoms with E-state index in [9.17, 15) is 4.79 Å². The normalized spacial score (nSPS) is 10.5. The summed E-state index contributed by atoms with van der Waals surface area (Å²) in [6.07, 6.45) is 0. The quantitative estimate of drug-likeness (QED) is 0.669. The van der Waals surface area contributed by atoms with Crippen LogP contribution in [0.2, 0.25) is 5.02 Å². The van der Waals surface area contributed by atoms with Crippen LogP contribution in [0.15, 0.2) is 4.79 Å². The molecule has 0 fully saturated rings. The first-order valence-electron chi connectivity index (χ1n) is 3.24. The molecule has 0 aliphatic rings. The van der Waals surface area contributed by atoms with Gasteiger partial charge in [0.05, 0.1) is 5.69 Å². The summed E-state index contributed by atoms with van der Waals surface area (Å²) < 4.78 is 1.61. The molecule has 0 unspecified atom stereocenters. The minimum Gasteiger partial charge on any atom is -0.314 e. The van der Waals surface area contributed by atoms with E-state index in [1.807, 2.05) is 0 Å². The standard InChI is InChI=1S/C6H10ClN3O/c1-8-3-4-5(7)6(11)9-10(4)2/h8H,3H2,1-2H3,(H,9,11). The van der Waals surface area contributed by atoms with Gasteiger partial charge in [-0.25, -0.2) is 0 Å². The molecule has 62 valence electrons. The molecule has 0 atom stereocenters. The Morgan fingerprint density at radius 1 is 1.73 bits per heavy atom. The Bertz CT molecular complexity index is 301. The third-order valence-electron chi connectivity index (χ3n) is 1.47. The fourth-order valence-corrected chi connectivity index (χ4v) is 1.15. The highest BCUT2D eigenvalue weighted by Gasteiger charge is 2.07. The van der Waals surface area contributed by atoms with Gasteiger partial charge in [0, 0.05) is 13.6 Å². The number of aromatic amines is 1. The Morgan fingerprint density at radius 2 is 2.36 bits per heavy atom. The lowest BCUT2D eigenvalue weighted by atomic mass is 10.4. The number of H-pyrrole nitrogens is 1. The molecule has 0 spiro atoms. The van der Waals surface area contributed by atoms with E-state index in [0.717, 1.165) is 5.69 Å². The molecule has 0 aromatic carbocycles. The maximum absolute atomic E-state index is 10.9. The smallest absolute Gasteiger partial charge is 0.283 e. The number of rotatable bonds is 2. The Balaban J connectivity index is 3.12. The average molecular weight is 176 g/mol. The summed E-state index contributed by atoms with van der Waals surface area (Å²) in [7, 11) is 3.55. The summed E-state index contributed by atoms with van der Waals surface area (Å²) in [6, 6.07) is 0. The molecule has 4 nitrogen and oxygen atoms in total. The highest BCUT2D eigenvalue weighted by molar-refractivity contribution is 6.31. The van der Waals surface area contributed by atoms with Crippen LogP contribution in [0.5, 0.6) is 0 Å². The van der Waals surface area contributed by atoms with Crippen LogP contribution in [0, 0.1) is 0 Å². The van der Waals surface area contributed by atoms with E-state index in [1.54, 1.807) is 18.8 Å². The van der Waals surface area contributed by atoms with Crippen molar-refractivity contribution in [3.63, 3.8) is 0 Å². The molecule has 0 saturated carbocycles. The Morgan fingerprint density at radius 3 is 2.73 bits per heavy atom. The van der Waals surface area contributed by atoms with Gasteiger partial charge in [-0.15, -0.1) is 0 Å². The third kappa shape index (κ3) is 1.46. The minimum atomic E-state index is -0.237. The zero-order valence-corrected chi connectivity index (χ0v) is 7.20. The molecule has 2 N–H and O–H groups in total. The van der Waals surface area contributed by atoms with Gasteiger partial charge in [0.2, 0.25) is 0 Å². The Labute approximate surface area is 69.1 Å². The molecule has 0 aliphatic carbocycles. The molecule has 0 aliphatic heterocycles. The molecular formula is C6H10ClN3O. The van der Waals surface area contributed by atoms with Gasteiger partial charge in [0.15, 0.2) is 0 Å². The van der Waals surface area contributed by atoms with Crippen LogP contribution >= 0.6 is 11.6 Å². The topological polar surface area (TPSA) is 49.8 Å². The zero-order chi connectivity index (χ0) is 8.43. The van der Waals surface area contributed by atoms with E-state index >= 15 is 0 Å². The van der Waals surface area contributed by atoms with Crippen LogP contribution in [-0.2, 0) is 13.6 Å². The predicted octanol–water partition coefficient (Wildman–Crippen LogP) is 0.0862. The van der Waals surface area contributed by atoms with E-state index < -0.39 is 0 Å². The summed E-state index contributed by atoms with van der Waals surface area (Å²) in [5.74, 6) is 0. The Hall–Kier alpha value is -0.740. The predicted molar refractivity (Wildman–Crippen MR) is 43.8 cm³/mol. The monoisotopic (exact) mass is 175 g/mol. The molecule has 0 saturated heterocycles. The zero-order valence-electron chi connectivity index (χ0n) is 6.44. The van der Waals surface area contributed by atoms with Crippen LogP contribution < -0.4 is 10.9 Å². The molecule has 5 heteroatoms. The minimum absolute atomic E-state index is 0.237. The molecule has 11 heavy (non-hydrogen) atoms. The molecule has 1 aromatic rings. The lowest BCUT2D eigenvalue weighted by Gasteiger charge is -1.99. The number of nitrogens with zero attached hydrogens (tertiary/aromatic N) is 1. The second kappa shape index (κ2) is 3.11. The number of nitrogens with one attached hydrogen (secondary N) is 2. The van der Waals surface area contributed by atoms with Crippen LogP contribution in [0.25, 0.3) is 0 Å². The van der Waals surface area contributed by atoms with Gasteiger partial charge in [-0.1, -0.05) is 11.6 Å². The summed E-state index contributed by atoms with van der Waals surface area (Å²) >= 11 is 5.69. The molecule has 1 aromatic heterocycles. The van der Waals surface area contributed by atoms with Crippen molar-refractivity contribution in [1.29, 1.82) is 0 Å².